The molecule has 6 rings (SSSR count). The van der Waals surface area contributed by atoms with E-state index in [2.05, 4.69) is 25.0 Å². The Labute approximate surface area is 202 Å². The Morgan fingerprint density at radius 2 is 2.06 bits per heavy atom. The molecule has 2 fully saturated rings. The van der Waals surface area contributed by atoms with Gasteiger partial charge in [0.2, 0.25) is 5.88 Å². The van der Waals surface area contributed by atoms with E-state index < -0.39 is 23.6 Å². The van der Waals surface area contributed by atoms with Gasteiger partial charge >= 0.3 is 12.1 Å². The van der Waals surface area contributed by atoms with Crippen LogP contribution in [0.1, 0.15) is 12.1 Å². The molecule has 12 heteroatoms. The number of pyridine rings is 1. The summed E-state index contributed by atoms with van der Waals surface area (Å²) in [6, 6.07) is 10.8. The highest BCUT2D eigenvalue weighted by Crippen LogP contribution is 2.35. The number of imidazole rings is 1. The van der Waals surface area contributed by atoms with Gasteiger partial charge in [-0.3, -0.25) is 4.79 Å². The minimum atomic E-state index is -5.21. The molecule has 36 heavy (non-hydrogen) atoms. The molecule has 0 aliphatic carbocycles. The molecule has 3 aromatic heterocycles. The quantitative estimate of drug-likeness (QED) is 0.422. The van der Waals surface area contributed by atoms with E-state index in [9.17, 15) is 22.8 Å². The van der Waals surface area contributed by atoms with Crippen LogP contribution in [0.5, 0.6) is 5.88 Å². The lowest BCUT2D eigenvalue weighted by molar-refractivity contribution is -0.189. The Hall–Kier alpha value is -3.93. The standard InChI is InChI=1S/C24H21F3N6O3/c25-24(26,27)23(35)36-21-17-4-3-5-18(32-13-15-10-16(32)11-28-15)20(17)22(34)33(30-21)9-7-14-12-31-8-2-1-6-19(31)29-14/h1-6,8,12,15-16,28H,7,9-11,13H2/t15-,16-/m0/s1. The second kappa shape index (κ2) is 8.33. The summed E-state index contributed by atoms with van der Waals surface area (Å²) in [5.74, 6) is -2.94. The third kappa shape index (κ3) is 3.87. The average molecular weight is 498 g/mol. The van der Waals surface area contributed by atoms with Crippen LogP contribution < -0.4 is 20.5 Å². The molecule has 186 valence electrons. The summed E-state index contributed by atoms with van der Waals surface area (Å²) in [6.45, 7) is 1.46. The molecule has 0 amide bonds. The van der Waals surface area contributed by atoms with Crippen LogP contribution in [0.15, 0.2) is 53.6 Å². The van der Waals surface area contributed by atoms with Gasteiger partial charge in [0.05, 0.1) is 28.7 Å². The molecule has 0 spiro atoms. The summed E-state index contributed by atoms with van der Waals surface area (Å²) in [7, 11) is 0. The number of hydrogen-bond donors (Lipinski definition) is 1. The van der Waals surface area contributed by atoms with Gasteiger partial charge in [-0.15, -0.1) is 5.10 Å². The summed E-state index contributed by atoms with van der Waals surface area (Å²) in [4.78, 5) is 31.9. The topological polar surface area (TPSA) is 93.8 Å². The van der Waals surface area contributed by atoms with E-state index in [-0.39, 0.29) is 29.4 Å². The zero-order valence-electron chi connectivity index (χ0n) is 18.9. The Bertz CT molecular complexity index is 1510. The van der Waals surface area contributed by atoms with Crippen LogP contribution >= 0.6 is 0 Å². The van der Waals surface area contributed by atoms with E-state index in [1.165, 1.54) is 6.07 Å². The maximum Gasteiger partial charge on any atom is 0.491 e. The number of piperazine rings is 1. The van der Waals surface area contributed by atoms with Crippen molar-refractivity contribution in [3.05, 3.63) is 64.8 Å². The highest BCUT2D eigenvalue weighted by Gasteiger charge is 2.42. The van der Waals surface area contributed by atoms with Crippen LogP contribution in [-0.2, 0) is 17.8 Å². The zero-order chi connectivity index (χ0) is 25.0. The van der Waals surface area contributed by atoms with Gasteiger partial charge < -0.3 is 19.4 Å². The smallest absolute Gasteiger partial charge is 0.399 e. The van der Waals surface area contributed by atoms with Crippen molar-refractivity contribution in [3.63, 3.8) is 0 Å². The van der Waals surface area contributed by atoms with Crippen molar-refractivity contribution >= 4 is 28.1 Å². The summed E-state index contributed by atoms with van der Waals surface area (Å²) in [5, 5.41) is 7.67. The molecular formula is C24H21F3N6O3. The molecule has 2 atom stereocenters. The number of alkyl halides is 3. The Morgan fingerprint density at radius 3 is 2.78 bits per heavy atom. The number of hydrogen-bond acceptors (Lipinski definition) is 7. The first kappa shape index (κ1) is 22.5. The SMILES string of the molecule is O=C(Oc1nn(CCc2cn3ccccc3n2)c(=O)c2c(N3C[C@@H]4C[C@H]3CN4)cccc12)C(F)(F)F. The normalized spacial score (nSPS) is 19.5. The van der Waals surface area contributed by atoms with Gasteiger partial charge in [0.25, 0.3) is 5.56 Å². The summed E-state index contributed by atoms with van der Waals surface area (Å²) in [5.41, 5.74) is 1.54. The molecule has 0 saturated carbocycles. The summed E-state index contributed by atoms with van der Waals surface area (Å²) < 4.78 is 46.6. The lowest BCUT2D eigenvalue weighted by Crippen LogP contribution is -2.44. The highest BCUT2D eigenvalue weighted by atomic mass is 19.4. The number of esters is 1. The monoisotopic (exact) mass is 498 g/mol. The zero-order valence-corrected chi connectivity index (χ0v) is 18.9. The van der Waals surface area contributed by atoms with Gasteiger partial charge in [0.1, 0.15) is 5.65 Å². The Morgan fingerprint density at radius 1 is 1.19 bits per heavy atom. The maximum absolute atomic E-state index is 13.6. The highest BCUT2D eigenvalue weighted by molar-refractivity contribution is 5.97. The fourth-order valence-electron chi connectivity index (χ4n) is 5.08. The largest absolute Gasteiger partial charge is 0.491 e. The van der Waals surface area contributed by atoms with Crippen LogP contribution in [0.2, 0.25) is 0 Å². The van der Waals surface area contributed by atoms with Crippen molar-refractivity contribution in [3.8, 4) is 5.88 Å². The number of aromatic nitrogens is 4. The van der Waals surface area contributed by atoms with Crippen molar-refractivity contribution in [1.29, 1.82) is 0 Å². The van der Waals surface area contributed by atoms with Gasteiger partial charge in [-0.2, -0.15) is 13.2 Å². The molecule has 5 heterocycles. The molecule has 2 bridgehead atoms. The van der Waals surface area contributed by atoms with Crippen LogP contribution in [0, 0.1) is 0 Å². The number of aryl methyl sites for hydroxylation is 2. The Kier molecular flexibility index (Phi) is 5.21. The molecule has 0 radical (unpaired) electrons. The Balaban J connectivity index is 1.43. The predicted molar refractivity (Wildman–Crippen MR) is 124 cm³/mol. The van der Waals surface area contributed by atoms with E-state index in [0.717, 1.165) is 23.3 Å². The summed E-state index contributed by atoms with van der Waals surface area (Å²) >= 11 is 0. The van der Waals surface area contributed by atoms with Gasteiger partial charge in [-0.05, 0) is 30.7 Å². The minimum Gasteiger partial charge on any atom is -0.399 e. The molecule has 4 aromatic rings. The first-order valence-corrected chi connectivity index (χ1v) is 11.5. The second-order valence-electron chi connectivity index (χ2n) is 9.02. The van der Waals surface area contributed by atoms with Crippen LogP contribution in [0.3, 0.4) is 0 Å². The predicted octanol–water partition coefficient (Wildman–Crippen LogP) is 2.31. The van der Waals surface area contributed by atoms with Gasteiger partial charge in [-0.1, -0.05) is 12.1 Å². The number of rotatable bonds is 5. The third-order valence-corrected chi connectivity index (χ3v) is 6.71. The van der Waals surface area contributed by atoms with Crippen molar-refractivity contribution in [2.24, 2.45) is 0 Å². The molecule has 1 aromatic carbocycles. The molecule has 9 nitrogen and oxygen atoms in total. The van der Waals surface area contributed by atoms with Crippen molar-refractivity contribution in [2.45, 2.75) is 37.6 Å². The van der Waals surface area contributed by atoms with Crippen LogP contribution in [0.25, 0.3) is 16.4 Å². The van der Waals surface area contributed by atoms with E-state index in [1.807, 2.05) is 35.0 Å². The minimum absolute atomic E-state index is 0.0389. The van der Waals surface area contributed by atoms with E-state index in [0.29, 0.717) is 24.3 Å². The molecule has 2 saturated heterocycles. The van der Waals surface area contributed by atoms with Crippen LogP contribution in [0.4, 0.5) is 18.9 Å². The average Bonchev–Trinajstić information content (AvgIpc) is 3.59. The number of nitrogens with zero attached hydrogens (tertiary/aromatic N) is 5. The van der Waals surface area contributed by atoms with Gasteiger partial charge in [0, 0.05) is 44.0 Å². The number of anilines is 1. The van der Waals surface area contributed by atoms with E-state index in [1.54, 1.807) is 12.1 Å². The van der Waals surface area contributed by atoms with Gasteiger partial charge in [-0.25, -0.2) is 14.5 Å². The lowest BCUT2D eigenvalue weighted by Gasteiger charge is -2.30. The first-order chi connectivity index (χ1) is 17.3. The molecule has 0 unspecified atom stereocenters. The number of benzene rings is 1. The number of carbonyl (C=O) groups excluding carboxylic acids is 1. The summed E-state index contributed by atoms with van der Waals surface area (Å²) in [6.07, 6.45) is -0.340. The molecule has 1 N–H and O–H groups in total. The van der Waals surface area contributed by atoms with Gasteiger partial charge in [0.15, 0.2) is 0 Å². The number of fused-ring (bicyclic) bond motifs is 4. The third-order valence-electron chi connectivity index (χ3n) is 6.71. The van der Waals surface area contributed by atoms with Crippen molar-refractivity contribution in [1.82, 2.24) is 24.5 Å². The maximum atomic E-state index is 13.6. The number of ether oxygens (including phenoxy) is 1. The van der Waals surface area contributed by atoms with Crippen molar-refractivity contribution < 1.29 is 22.7 Å². The molecular weight excluding hydrogens is 477 g/mol. The molecule has 2 aliphatic heterocycles. The first-order valence-electron chi connectivity index (χ1n) is 11.5. The number of carbonyl (C=O) groups is 1. The number of halogens is 3. The molecule has 2 aliphatic rings. The van der Waals surface area contributed by atoms with Crippen LogP contribution in [-0.4, -0.2) is 56.5 Å². The lowest BCUT2D eigenvalue weighted by atomic mass is 10.1. The second-order valence-corrected chi connectivity index (χ2v) is 9.02. The van der Waals surface area contributed by atoms with E-state index in [4.69, 9.17) is 0 Å². The van der Waals surface area contributed by atoms with Crippen molar-refractivity contribution in [2.75, 3.05) is 18.0 Å². The fraction of sp³-hybridized carbons (Fsp3) is 0.333. The van der Waals surface area contributed by atoms with E-state index >= 15 is 0 Å². The number of nitrogens with one attached hydrogen (secondary N) is 1. The fourth-order valence-corrected chi connectivity index (χ4v) is 5.08.